The Balaban J connectivity index is 0.00000118. The molecule has 12 bridgehead atoms. The predicted molar refractivity (Wildman–Crippen MR) is 218 cm³/mol. The molecule has 0 saturated carbocycles. The maximum absolute atomic E-state index is 11.2. The van der Waals surface area contributed by atoms with Gasteiger partial charge in [0.05, 0.1) is 39.6 Å². The van der Waals surface area contributed by atoms with Gasteiger partial charge in [-0.05, 0) is 0 Å². The summed E-state index contributed by atoms with van der Waals surface area (Å²) in [6, 6.07) is 0. The summed E-state index contributed by atoms with van der Waals surface area (Å²) in [7, 11) is 0. The number of hydrogen-bond donors (Lipinski definition) is 18. The van der Waals surface area contributed by atoms with Crippen molar-refractivity contribution in [2.45, 2.75) is 184 Å². The minimum atomic E-state index is -2.15. The van der Waals surface area contributed by atoms with Crippen LogP contribution in [-0.2, 0) is 56.8 Å². The zero-order valence-electron chi connectivity index (χ0n) is 37.7. The smallest absolute Gasteiger partial charge is 0.187 e. The van der Waals surface area contributed by atoms with Gasteiger partial charge in [0.2, 0.25) is 0 Å². The van der Waals surface area contributed by atoms with Gasteiger partial charge in [-0.1, -0.05) is 0 Å². The zero-order valence-corrected chi connectivity index (χ0v) is 37.7. The van der Waals surface area contributed by atoms with E-state index in [1.807, 2.05) is 0 Å². The summed E-state index contributed by atoms with van der Waals surface area (Å²) >= 11 is 0. The van der Waals surface area contributed by atoms with Gasteiger partial charge in [-0.25, -0.2) is 0 Å². The summed E-state index contributed by atoms with van der Waals surface area (Å²) < 4.78 is 67.9. The molecule has 1 aromatic heterocycles. The highest BCUT2D eigenvalue weighted by molar-refractivity contribution is 5.01. The number of hydrogen-bond acceptors (Lipinski definition) is 32. The van der Waals surface area contributed by atoms with E-state index in [9.17, 15) is 91.9 Å². The first-order chi connectivity index (χ1) is 34.4. The highest BCUT2D eigenvalue weighted by Gasteiger charge is 2.58. The number of nitrogens with zero attached hydrogens (tertiary/aromatic N) is 2. The first-order valence-corrected chi connectivity index (χ1v) is 22.8. The molecule has 22 aliphatic rings. The van der Waals surface area contributed by atoms with Gasteiger partial charge in [0.15, 0.2) is 37.7 Å². The van der Waals surface area contributed by atoms with E-state index in [4.69, 9.17) is 56.8 Å². The van der Waals surface area contributed by atoms with Gasteiger partial charge in [0.1, 0.15) is 146 Å². The van der Waals surface area contributed by atoms with E-state index < -0.39 is 224 Å². The van der Waals surface area contributed by atoms with Crippen molar-refractivity contribution in [3.8, 4) is 0 Å². The molecule has 0 spiro atoms. The summed E-state index contributed by atoms with van der Waals surface area (Å²) in [5.74, 6) is 0. The number of aliphatic hydroxyl groups is 18. The van der Waals surface area contributed by atoms with Crippen LogP contribution in [0, 0.1) is 0 Å². The fourth-order valence-corrected chi connectivity index (χ4v) is 9.18. The largest absolute Gasteiger partial charge is 0.394 e. The SMILES string of the molecule is OC[C@H]1O[C@@H]2O[C@H]3C(O)C(O)[C@H](O[C@@H]3CO)O[C@H]3C(O)C(O)[C@H](O[C@@H]3CO)O[C@H]3C(O)C(O)[C@H](O[C@@H]3CO)O[C@H]3C(O)C(O)[C@H](O[C@@H]3CO)O[C@H]3C(O)C(O)C(OC1C(O)C2O)O[C@@H]3CO.c1cnccn1. The lowest BCUT2D eigenvalue weighted by Crippen LogP contribution is -2.69. The van der Waals surface area contributed by atoms with Crippen molar-refractivity contribution < 1.29 is 149 Å². The first-order valence-electron chi connectivity index (χ1n) is 22.8. The highest BCUT2D eigenvalue weighted by Crippen LogP contribution is 2.38. The van der Waals surface area contributed by atoms with Gasteiger partial charge in [0.25, 0.3) is 0 Å². The topological polar surface area (TPSA) is 501 Å². The fraction of sp³-hybridized carbons (Fsp3) is 0.900. The summed E-state index contributed by atoms with van der Waals surface area (Å²) in [6.45, 7) is -5.99. The Morgan fingerprint density at radius 2 is 0.361 bits per heavy atom. The van der Waals surface area contributed by atoms with Crippen molar-refractivity contribution in [3.63, 3.8) is 0 Å². The Labute approximate surface area is 407 Å². The molecule has 32 nitrogen and oxygen atoms in total. The van der Waals surface area contributed by atoms with E-state index in [0.29, 0.717) is 0 Å². The number of rotatable bonds is 6. The van der Waals surface area contributed by atoms with Crippen LogP contribution in [0.1, 0.15) is 0 Å². The molecule has 0 aromatic carbocycles. The Hall–Kier alpha value is -2.12. The Morgan fingerprint density at radius 3 is 0.472 bits per heavy atom. The summed E-state index contributed by atoms with van der Waals surface area (Å²) in [5, 5.41) is 196. The van der Waals surface area contributed by atoms with E-state index in [1.165, 1.54) is 0 Å². The van der Waals surface area contributed by atoms with Gasteiger partial charge in [-0.3, -0.25) is 9.97 Å². The summed E-state index contributed by atoms with van der Waals surface area (Å²) in [6.07, 6.45) is -51.9. The van der Waals surface area contributed by atoms with E-state index in [1.54, 1.807) is 24.8 Å². The molecule has 30 atom stereocenters. The van der Waals surface area contributed by atoms with Crippen molar-refractivity contribution in [3.05, 3.63) is 24.8 Å². The van der Waals surface area contributed by atoms with E-state index in [-0.39, 0.29) is 0 Å². The normalized spacial score (nSPS) is 51.4. The van der Waals surface area contributed by atoms with E-state index in [0.717, 1.165) is 0 Å². The third-order valence-electron chi connectivity index (χ3n) is 13.1. The molecule has 72 heavy (non-hydrogen) atoms. The maximum Gasteiger partial charge on any atom is 0.187 e. The van der Waals surface area contributed by atoms with Crippen LogP contribution in [0.15, 0.2) is 24.8 Å². The zero-order chi connectivity index (χ0) is 52.3. The molecule has 22 fully saturated rings. The quantitative estimate of drug-likeness (QED) is 0.126. The molecular weight excluding hydrogens is 988 g/mol. The first kappa shape index (κ1) is 57.6. The van der Waals surface area contributed by atoms with E-state index >= 15 is 0 Å². The Morgan fingerprint density at radius 1 is 0.222 bits per heavy atom. The predicted octanol–water partition coefficient (Wildman–Crippen LogP) is -12.6. The molecule has 18 N–H and O–H groups in total. The molecular formula is C40H64N2O30. The summed E-state index contributed by atoms with van der Waals surface area (Å²) in [4.78, 5) is 7.44. The van der Waals surface area contributed by atoms with Crippen molar-refractivity contribution in [2.75, 3.05) is 39.6 Å². The van der Waals surface area contributed by atoms with Crippen LogP contribution in [-0.4, -0.2) is 326 Å². The molecule has 14 unspecified atom stereocenters. The fourth-order valence-electron chi connectivity index (χ4n) is 9.18. The maximum atomic E-state index is 11.2. The molecule has 414 valence electrons. The van der Waals surface area contributed by atoms with Crippen molar-refractivity contribution in [1.29, 1.82) is 0 Å². The molecule has 0 amide bonds. The lowest BCUT2D eigenvalue weighted by atomic mass is 9.94. The highest BCUT2D eigenvalue weighted by atomic mass is 16.8. The standard InChI is InChI=1S/C36H60O30.C4H4N2/c37-1-7-25-13(43)19(49)31(55-7)62-26-8(2-38)57-33(21(51)15(26)45)64-28-10(4-40)59-35(23(53)17(28)47)66-30-12(6-42)60-36(24(54)18(30)48)65-29-11(5-41)58-34(22(52)16(29)46)63-27-9(3-39)56-32(61-25)20(50)14(27)44;1-2-6-4-3-5-1/h7-54H,1-6H2;1-4H/t7-,8-,9-,10-,11-,12-,13?,14?,15?,16?,17?,18?,19?,20?,21?,22?,23?,24?,25-,26-,27-,28-,29-,30?,31-,32-,33-,34-,35?,36-;/m1./s1. The van der Waals surface area contributed by atoms with Gasteiger partial charge >= 0.3 is 0 Å². The molecule has 22 aliphatic heterocycles. The Kier molecular flexibility index (Phi) is 20.3. The van der Waals surface area contributed by atoms with Crippen LogP contribution in [0.4, 0.5) is 0 Å². The van der Waals surface area contributed by atoms with Crippen LogP contribution < -0.4 is 0 Å². The lowest BCUT2D eigenvalue weighted by molar-refractivity contribution is -0.404. The lowest BCUT2D eigenvalue weighted by Gasteiger charge is -2.50. The second kappa shape index (κ2) is 25.4. The number of aromatic nitrogens is 2. The second-order valence-electron chi connectivity index (χ2n) is 17.7. The van der Waals surface area contributed by atoms with Gasteiger partial charge < -0.3 is 149 Å². The van der Waals surface area contributed by atoms with Crippen LogP contribution in [0.2, 0.25) is 0 Å². The third kappa shape index (κ3) is 11.9. The average molecular weight is 1050 g/mol. The monoisotopic (exact) mass is 1050 g/mol. The van der Waals surface area contributed by atoms with E-state index in [2.05, 4.69) is 9.97 Å². The minimum absolute atomic E-state index is 0.999. The third-order valence-corrected chi connectivity index (χ3v) is 13.1. The molecule has 32 heteroatoms. The van der Waals surface area contributed by atoms with Crippen LogP contribution in [0.5, 0.6) is 0 Å². The van der Waals surface area contributed by atoms with Crippen molar-refractivity contribution in [1.82, 2.24) is 9.97 Å². The summed E-state index contributed by atoms with van der Waals surface area (Å²) in [5.41, 5.74) is 0. The molecule has 23 heterocycles. The number of aliphatic hydroxyl groups excluding tert-OH is 18. The van der Waals surface area contributed by atoms with Crippen LogP contribution in [0.25, 0.3) is 0 Å². The molecule has 23 rings (SSSR count). The van der Waals surface area contributed by atoms with Gasteiger partial charge in [0, 0.05) is 24.8 Å². The van der Waals surface area contributed by atoms with Crippen LogP contribution in [0.3, 0.4) is 0 Å². The van der Waals surface area contributed by atoms with Gasteiger partial charge in [-0.15, -0.1) is 0 Å². The second-order valence-corrected chi connectivity index (χ2v) is 17.7. The van der Waals surface area contributed by atoms with Crippen LogP contribution >= 0.6 is 0 Å². The number of ether oxygens (including phenoxy) is 12. The van der Waals surface area contributed by atoms with Gasteiger partial charge in [-0.2, -0.15) is 0 Å². The van der Waals surface area contributed by atoms with Crippen molar-refractivity contribution >= 4 is 0 Å². The molecule has 1 aromatic rings. The molecule has 0 radical (unpaired) electrons. The minimum Gasteiger partial charge on any atom is -0.394 e. The average Bonchev–Trinajstić information content (AvgIpc) is 3.39. The Bertz CT molecular complexity index is 1460. The molecule has 22 saturated heterocycles. The molecule has 0 aliphatic carbocycles. The van der Waals surface area contributed by atoms with Crippen molar-refractivity contribution in [2.24, 2.45) is 0 Å².